The smallest absolute Gasteiger partial charge is 0.330 e. The van der Waals surface area contributed by atoms with Crippen molar-refractivity contribution in [3.05, 3.63) is 74.6 Å². The number of nitrogens with zero attached hydrogens (tertiary/aromatic N) is 3. The summed E-state index contributed by atoms with van der Waals surface area (Å²) in [4.78, 5) is 38.2. The second kappa shape index (κ2) is 9.49. The highest BCUT2D eigenvalue weighted by Crippen LogP contribution is 2.10. The maximum absolute atomic E-state index is 12.1. The van der Waals surface area contributed by atoms with Gasteiger partial charge in [0, 0.05) is 52.5 Å². The molecule has 154 valence electrons. The van der Waals surface area contributed by atoms with Crippen molar-refractivity contribution in [2.45, 2.75) is 12.6 Å². The van der Waals surface area contributed by atoms with Gasteiger partial charge in [0.05, 0.1) is 18.3 Å². The Morgan fingerprint density at radius 3 is 2.76 bits per heavy atom. The van der Waals surface area contributed by atoms with Gasteiger partial charge >= 0.3 is 5.69 Å². The van der Waals surface area contributed by atoms with E-state index in [2.05, 4.69) is 22.3 Å². The first-order chi connectivity index (χ1) is 13.9. The number of hydrogen-bond donors (Lipinski definition) is 1. The highest BCUT2D eigenvalue weighted by Gasteiger charge is 2.20. The van der Waals surface area contributed by atoms with Gasteiger partial charge in [0.15, 0.2) is 0 Å². The number of benzene rings is 1. The molecule has 1 atom stereocenters. The fourth-order valence-electron chi connectivity index (χ4n) is 3.28. The van der Waals surface area contributed by atoms with Crippen LogP contribution in [0.2, 0.25) is 0 Å². The molecule has 29 heavy (non-hydrogen) atoms. The quantitative estimate of drug-likeness (QED) is 0.699. The van der Waals surface area contributed by atoms with E-state index in [1.807, 2.05) is 18.2 Å². The minimum atomic E-state index is -0.440. The fraction of sp³-hybridized carbons (Fsp3) is 0.381. The van der Waals surface area contributed by atoms with Crippen LogP contribution < -0.4 is 16.6 Å². The number of nitrogens with one attached hydrogen (secondary N) is 1. The molecule has 1 fully saturated rings. The summed E-state index contributed by atoms with van der Waals surface area (Å²) in [6.45, 7) is 3.46. The molecule has 0 spiro atoms. The van der Waals surface area contributed by atoms with Gasteiger partial charge in [0.25, 0.3) is 5.56 Å². The molecule has 1 amide bonds. The zero-order valence-electron chi connectivity index (χ0n) is 16.7. The Hall–Kier alpha value is -2.97. The lowest BCUT2D eigenvalue weighted by atomic mass is 10.2. The molecular weight excluding hydrogens is 372 g/mol. The van der Waals surface area contributed by atoms with E-state index >= 15 is 0 Å². The molecule has 0 aliphatic carbocycles. The minimum Gasteiger partial charge on any atom is -0.374 e. The molecule has 1 N–H and O–H groups in total. The van der Waals surface area contributed by atoms with Crippen molar-refractivity contribution in [3.63, 3.8) is 0 Å². The molecule has 2 heterocycles. The Balaban J connectivity index is 1.52. The number of carbonyl (C=O) groups is 1. The lowest BCUT2D eigenvalue weighted by Crippen LogP contribution is -2.46. The van der Waals surface area contributed by atoms with Crippen LogP contribution in [0.1, 0.15) is 11.1 Å². The highest BCUT2D eigenvalue weighted by molar-refractivity contribution is 5.91. The standard InChI is InChI=1S/C21H26N4O4/c1-23-14-17(20(27)24(2)21(23)28)8-9-19(26)22-12-18-15-25(10-11-29-18)13-16-6-4-3-5-7-16/h3-9,14,18H,10-13,15H2,1-2H3,(H,22,26)/b9-8+. The van der Waals surface area contributed by atoms with E-state index < -0.39 is 11.2 Å². The van der Waals surface area contributed by atoms with E-state index in [0.29, 0.717) is 13.2 Å². The van der Waals surface area contributed by atoms with Crippen molar-refractivity contribution < 1.29 is 9.53 Å². The maximum atomic E-state index is 12.1. The van der Waals surface area contributed by atoms with Gasteiger partial charge in [-0.2, -0.15) is 0 Å². The van der Waals surface area contributed by atoms with Crippen molar-refractivity contribution in [1.82, 2.24) is 19.4 Å². The molecule has 0 saturated carbocycles. The molecule has 1 aliphatic heterocycles. The van der Waals surface area contributed by atoms with Gasteiger partial charge in [-0.3, -0.25) is 19.1 Å². The number of ether oxygens (including phenoxy) is 1. The summed E-state index contributed by atoms with van der Waals surface area (Å²) in [5.41, 5.74) is 0.669. The van der Waals surface area contributed by atoms with Crippen molar-refractivity contribution in [2.75, 3.05) is 26.2 Å². The van der Waals surface area contributed by atoms with E-state index in [4.69, 9.17) is 4.74 Å². The van der Waals surface area contributed by atoms with Crippen LogP contribution in [0.3, 0.4) is 0 Å². The van der Waals surface area contributed by atoms with Crippen LogP contribution in [0, 0.1) is 0 Å². The topological polar surface area (TPSA) is 85.6 Å². The lowest BCUT2D eigenvalue weighted by molar-refractivity contribution is -0.117. The van der Waals surface area contributed by atoms with Crippen LogP contribution in [0.15, 0.2) is 52.2 Å². The van der Waals surface area contributed by atoms with Crippen LogP contribution in [0.5, 0.6) is 0 Å². The molecular formula is C21H26N4O4. The number of hydrogen-bond acceptors (Lipinski definition) is 5. The molecule has 8 heteroatoms. The number of carbonyl (C=O) groups excluding carboxylic acids is 1. The van der Waals surface area contributed by atoms with E-state index in [0.717, 1.165) is 24.2 Å². The molecule has 2 aromatic rings. The first-order valence-corrected chi connectivity index (χ1v) is 9.54. The van der Waals surface area contributed by atoms with E-state index in [-0.39, 0.29) is 17.6 Å². The molecule has 8 nitrogen and oxygen atoms in total. The van der Waals surface area contributed by atoms with Crippen molar-refractivity contribution in [1.29, 1.82) is 0 Å². The SMILES string of the molecule is Cn1cc(/C=C/C(=O)NCC2CN(Cc3ccccc3)CCO2)c(=O)n(C)c1=O. The largest absolute Gasteiger partial charge is 0.374 e. The summed E-state index contributed by atoms with van der Waals surface area (Å²) < 4.78 is 8.06. The number of morpholine rings is 1. The summed E-state index contributed by atoms with van der Waals surface area (Å²) >= 11 is 0. The number of amides is 1. The van der Waals surface area contributed by atoms with Crippen molar-refractivity contribution >= 4 is 12.0 Å². The van der Waals surface area contributed by atoms with Crippen LogP contribution in [-0.4, -0.2) is 52.3 Å². The normalized spacial score (nSPS) is 17.5. The average molecular weight is 398 g/mol. The first-order valence-electron chi connectivity index (χ1n) is 9.54. The van der Waals surface area contributed by atoms with E-state index in [9.17, 15) is 14.4 Å². The van der Waals surface area contributed by atoms with E-state index in [1.165, 1.54) is 35.5 Å². The Labute approximate surface area is 169 Å². The molecule has 1 saturated heterocycles. The predicted molar refractivity (Wildman–Crippen MR) is 110 cm³/mol. The second-order valence-electron chi connectivity index (χ2n) is 7.13. The minimum absolute atomic E-state index is 0.0878. The number of aryl methyl sites for hydroxylation is 1. The van der Waals surface area contributed by atoms with Crippen LogP contribution in [-0.2, 0) is 30.2 Å². The molecule has 0 radical (unpaired) electrons. The molecule has 1 aliphatic rings. The van der Waals surface area contributed by atoms with Crippen molar-refractivity contribution in [3.8, 4) is 0 Å². The van der Waals surface area contributed by atoms with Gasteiger partial charge in [0.2, 0.25) is 5.91 Å². The molecule has 1 aromatic carbocycles. The zero-order valence-corrected chi connectivity index (χ0v) is 16.7. The highest BCUT2D eigenvalue weighted by atomic mass is 16.5. The number of rotatable bonds is 6. The molecule has 3 rings (SSSR count). The second-order valence-corrected chi connectivity index (χ2v) is 7.13. The fourth-order valence-corrected chi connectivity index (χ4v) is 3.28. The molecule has 0 bridgehead atoms. The summed E-state index contributed by atoms with van der Waals surface area (Å²) in [5.74, 6) is -0.315. The summed E-state index contributed by atoms with van der Waals surface area (Å²) in [7, 11) is 2.96. The predicted octanol–water partition coefficient (Wildman–Crippen LogP) is 0.114. The first kappa shape index (κ1) is 20.8. The van der Waals surface area contributed by atoms with Crippen LogP contribution in [0.25, 0.3) is 6.08 Å². The summed E-state index contributed by atoms with van der Waals surface area (Å²) in [6, 6.07) is 10.2. The Bertz CT molecular complexity index is 994. The Kier molecular flexibility index (Phi) is 6.79. The van der Waals surface area contributed by atoms with Crippen LogP contribution >= 0.6 is 0 Å². The zero-order chi connectivity index (χ0) is 20.8. The molecule has 1 unspecified atom stereocenters. The third-order valence-corrected chi connectivity index (χ3v) is 4.86. The summed E-state index contributed by atoms with van der Waals surface area (Å²) in [5, 5.41) is 2.81. The van der Waals surface area contributed by atoms with Gasteiger partial charge in [0.1, 0.15) is 0 Å². The Morgan fingerprint density at radius 2 is 2.00 bits per heavy atom. The number of aromatic nitrogens is 2. The molecule has 1 aromatic heterocycles. The van der Waals surface area contributed by atoms with Crippen molar-refractivity contribution in [2.24, 2.45) is 14.1 Å². The van der Waals surface area contributed by atoms with Gasteiger partial charge in [-0.25, -0.2) is 4.79 Å². The van der Waals surface area contributed by atoms with Gasteiger partial charge in [-0.15, -0.1) is 0 Å². The van der Waals surface area contributed by atoms with E-state index in [1.54, 1.807) is 7.05 Å². The van der Waals surface area contributed by atoms with Gasteiger partial charge < -0.3 is 14.6 Å². The Morgan fingerprint density at radius 1 is 1.24 bits per heavy atom. The maximum Gasteiger partial charge on any atom is 0.330 e. The van der Waals surface area contributed by atoms with Gasteiger partial charge in [-0.05, 0) is 11.6 Å². The third kappa shape index (κ3) is 5.52. The summed E-state index contributed by atoms with van der Waals surface area (Å²) in [6.07, 6.45) is 4.04. The monoisotopic (exact) mass is 398 g/mol. The van der Waals surface area contributed by atoms with Crippen LogP contribution in [0.4, 0.5) is 0 Å². The third-order valence-electron chi connectivity index (χ3n) is 4.86. The lowest BCUT2D eigenvalue weighted by Gasteiger charge is -2.33. The average Bonchev–Trinajstić information content (AvgIpc) is 2.73. The van der Waals surface area contributed by atoms with Gasteiger partial charge in [-0.1, -0.05) is 30.3 Å².